The van der Waals surface area contributed by atoms with Crippen LogP contribution in [-0.4, -0.2) is 40.9 Å². The number of ether oxygens (including phenoxy) is 1. The third-order valence-electron chi connectivity index (χ3n) is 9.57. The van der Waals surface area contributed by atoms with Gasteiger partial charge in [0.15, 0.2) is 5.78 Å². The number of oxime groups is 1. The maximum atomic E-state index is 14.1. The van der Waals surface area contributed by atoms with E-state index in [1.807, 2.05) is 30.3 Å². The summed E-state index contributed by atoms with van der Waals surface area (Å²) in [7, 11) is 1.27. The van der Waals surface area contributed by atoms with Crippen molar-refractivity contribution in [3.05, 3.63) is 47.5 Å². The first kappa shape index (κ1) is 27.4. The molecule has 8 nitrogen and oxygen atoms in total. The van der Waals surface area contributed by atoms with Crippen molar-refractivity contribution in [2.24, 2.45) is 28.3 Å². The summed E-state index contributed by atoms with van der Waals surface area (Å²) in [5.74, 6) is 0.749. The predicted molar refractivity (Wildman–Crippen MR) is 155 cm³/mol. The fourth-order valence-electron chi connectivity index (χ4n) is 8.23. The molecule has 0 aliphatic heterocycles. The molecule has 4 aliphatic rings. The Hall–Kier alpha value is -3.81. The van der Waals surface area contributed by atoms with Gasteiger partial charge in [0, 0.05) is 58.2 Å². The van der Waals surface area contributed by atoms with Gasteiger partial charge in [-0.3, -0.25) is 14.4 Å². The zero-order valence-electron chi connectivity index (χ0n) is 23.9. The van der Waals surface area contributed by atoms with E-state index in [-0.39, 0.29) is 29.8 Å². The maximum Gasteiger partial charge on any atom is 0.331 e. The van der Waals surface area contributed by atoms with Crippen molar-refractivity contribution in [3.8, 4) is 0 Å². The second kappa shape index (κ2) is 10.5. The van der Waals surface area contributed by atoms with Crippen LogP contribution in [0.25, 0.3) is 21.8 Å². The predicted octanol–water partition coefficient (Wildman–Crippen LogP) is 6.27. The van der Waals surface area contributed by atoms with Crippen LogP contribution in [0.1, 0.15) is 85.9 Å². The van der Waals surface area contributed by atoms with Crippen LogP contribution in [0.3, 0.4) is 0 Å². The van der Waals surface area contributed by atoms with Crippen LogP contribution in [0.15, 0.2) is 41.6 Å². The zero-order chi connectivity index (χ0) is 28.9. The third-order valence-corrected chi connectivity index (χ3v) is 9.57. The molecule has 0 amide bonds. The van der Waals surface area contributed by atoms with Crippen LogP contribution in [0.4, 0.5) is 0 Å². The fraction of sp³-hybridized carbons (Fsp3) is 0.485. The molecule has 41 heavy (non-hydrogen) atoms. The molecule has 8 heteroatoms. The summed E-state index contributed by atoms with van der Waals surface area (Å²) < 4.78 is 6.88. The molecule has 0 spiro atoms. The Morgan fingerprint density at radius 2 is 1.44 bits per heavy atom. The Morgan fingerprint density at radius 1 is 0.878 bits per heavy atom. The van der Waals surface area contributed by atoms with Crippen LogP contribution in [0, 0.1) is 23.2 Å². The summed E-state index contributed by atoms with van der Waals surface area (Å²) in [6.07, 6.45) is 6.80. The van der Waals surface area contributed by atoms with Crippen molar-refractivity contribution in [1.82, 2.24) is 4.57 Å². The lowest BCUT2D eigenvalue weighted by molar-refractivity contribution is -0.141. The van der Waals surface area contributed by atoms with Crippen LogP contribution in [-0.2, 0) is 25.7 Å². The van der Waals surface area contributed by atoms with Gasteiger partial charge in [-0.2, -0.15) is 0 Å². The minimum Gasteiger partial charge on any atom is -0.469 e. The van der Waals surface area contributed by atoms with Crippen molar-refractivity contribution >= 4 is 51.0 Å². The highest BCUT2D eigenvalue weighted by Gasteiger charge is 2.54. The van der Waals surface area contributed by atoms with Crippen molar-refractivity contribution in [2.45, 2.75) is 71.8 Å². The van der Waals surface area contributed by atoms with Gasteiger partial charge in [0.2, 0.25) is 5.78 Å². The zero-order valence-corrected chi connectivity index (χ0v) is 23.9. The lowest BCUT2D eigenvalue weighted by atomic mass is 9.48. The first-order valence-corrected chi connectivity index (χ1v) is 14.7. The highest BCUT2D eigenvalue weighted by Crippen LogP contribution is 2.61. The molecule has 0 radical (unpaired) electrons. The van der Waals surface area contributed by atoms with Gasteiger partial charge in [-0.1, -0.05) is 5.16 Å². The molecule has 1 aromatic heterocycles. The van der Waals surface area contributed by atoms with Crippen molar-refractivity contribution in [1.29, 1.82) is 0 Å². The van der Waals surface area contributed by atoms with E-state index in [0.29, 0.717) is 23.3 Å². The highest BCUT2D eigenvalue weighted by molar-refractivity contribution is 6.46. The summed E-state index contributed by atoms with van der Waals surface area (Å²) in [5, 5.41) is 5.56. The number of carbonyl (C=O) groups excluding carboxylic acids is 4. The van der Waals surface area contributed by atoms with Gasteiger partial charge in [-0.25, -0.2) is 4.79 Å². The Bertz CT molecular complexity index is 1580. The van der Waals surface area contributed by atoms with E-state index in [1.165, 1.54) is 33.3 Å². The summed E-state index contributed by atoms with van der Waals surface area (Å²) in [6, 6.07) is 11.5. The molecule has 1 heterocycles. The van der Waals surface area contributed by atoms with E-state index in [2.05, 4.69) is 16.6 Å². The largest absolute Gasteiger partial charge is 0.469 e. The summed E-state index contributed by atoms with van der Waals surface area (Å²) in [6.45, 7) is 4.00. The number of nitrogens with zero attached hydrogens (tertiary/aromatic N) is 2. The molecular formula is C33H36N2O6. The third kappa shape index (κ3) is 4.87. The van der Waals surface area contributed by atoms with Gasteiger partial charge in [0.25, 0.3) is 0 Å². The lowest BCUT2D eigenvalue weighted by Crippen LogP contribution is -2.50. The number of aromatic nitrogens is 1. The summed E-state index contributed by atoms with van der Waals surface area (Å²) >= 11 is 0. The number of carbonyl (C=O) groups is 4. The molecule has 4 fully saturated rings. The molecular weight excluding hydrogens is 520 g/mol. The quantitative estimate of drug-likeness (QED) is 0.101. The Labute approximate surface area is 239 Å². The number of Topliss-reactive ketones (excluding diaryl/α,β-unsaturated/α-hetero) is 2. The van der Waals surface area contributed by atoms with E-state index >= 15 is 0 Å². The molecule has 0 saturated heterocycles. The Morgan fingerprint density at radius 3 is 1.98 bits per heavy atom. The smallest absolute Gasteiger partial charge is 0.331 e. The summed E-state index contributed by atoms with van der Waals surface area (Å²) in [5.41, 5.74) is 2.82. The van der Waals surface area contributed by atoms with Gasteiger partial charge < -0.3 is 14.1 Å². The van der Waals surface area contributed by atoms with Gasteiger partial charge in [0.1, 0.15) is 5.71 Å². The fourth-order valence-corrected chi connectivity index (χ4v) is 8.23. The minimum atomic E-state index is -0.661. The van der Waals surface area contributed by atoms with E-state index in [4.69, 9.17) is 9.57 Å². The topological polar surface area (TPSA) is 104 Å². The van der Waals surface area contributed by atoms with Crippen LogP contribution < -0.4 is 0 Å². The molecule has 4 bridgehead atoms. The molecule has 3 aromatic rings. The van der Waals surface area contributed by atoms with Gasteiger partial charge in [0.05, 0.1) is 13.5 Å². The molecule has 4 saturated carbocycles. The molecule has 4 aliphatic carbocycles. The first-order valence-electron chi connectivity index (χ1n) is 14.7. The average molecular weight is 557 g/mol. The van der Waals surface area contributed by atoms with Gasteiger partial charge in [-0.05, 0) is 99.6 Å². The van der Waals surface area contributed by atoms with Crippen molar-refractivity contribution in [2.75, 3.05) is 7.11 Å². The highest BCUT2D eigenvalue weighted by atomic mass is 16.7. The number of ketones is 2. The number of fused-ring (bicyclic) bond motifs is 3. The second-order valence-electron chi connectivity index (χ2n) is 12.3. The van der Waals surface area contributed by atoms with E-state index in [9.17, 15) is 19.2 Å². The number of hydrogen-bond donors (Lipinski definition) is 0. The number of rotatable bonds is 9. The van der Waals surface area contributed by atoms with E-state index in [1.54, 1.807) is 6.07 Å². The molecule has 0 unspecified atom stereocenters. The lowest BCUT2D eigenvalue weighted by Gasteiger charge is -2.56. The summed E-state index contributed by atoms with van der Waals surface area (Å²) in [4.78, 5) is 55.5. The molecule has 2 aromatic carbocycles. The Balaban J connectivity index is 1.38. The van der Waals surface area contributed by atoms with Crippen molar-refractivity contribution < 1.29 is 28.8 Å². The maximum absolute atomic E-state index is 14.1. The molecule has 7 rings (SSSR count). The van der Waals surface area contributed by atoms with E-state index in [0.717, 1.165) is 53.2 Å². The van der Waals surface area contributed by atoms with Gasteiger partial charge >= 0.3 is 11.9 Å². The number of esters is 1. The number of methoxy groups -OCH3 is 1. The van der Waals surface area contributed by atoms with Crippen LogP contribution in [0.2, 0.25) is 0 Å². The first-order chi connectivity index (χ1) is 19.7. The van der Waals surface area contributed by atoms with Crippen LogP contribution in [0.5, 0.6) is 0 Å². The average Bonchev–Trinajstić information content (AvgIpc) is 3.27. The standard InChI is InChI=1S/C33H36N2O6/c1-4-35-28-8-5-23(31(38)27(34-41-19(2)36)7-10-30(37)40-3)14-25(28)26-15-24(6-9-29(26)35)32(39)33-16-20-11-21(17-33)13-22(12-20)18-33/h5-6,8-9,14-15,20-22H,4,7,10-13,16-18H2,1-3H3/b34-27+. The number of benzene rings is 2. The molecule has 0 atom stereocenters. The van der Waals surface area contributed by atoms with E-state index < -0.39 is 17.7 Å². The normalized spacial score (nSPS) is 25.0. The Kier molecular flexibility index (Phi) is 7.04. The second-order valence-corrected chi connectivity index (χ2v) is 12.3. The van der Waals surface area contributed by atoms with Gasteiger partial charge in [-0.15, -0.1) is 0 Å². The molecule has 0 N–H and O–H groups in total. The number of aryl methyl sites for hydroxylation is 1. The number of hydrogen-bond acceptors (Lipinski definition) is 7. The minimum absolute atomic E-state index is 0.0305. The SMILES string of the molecule is CCn1c2ccc(C(=O)/C(CCC(=O)OC)=N/OC(C)=O)cc2c2cc(C(=O)C34CC5CC(CC(C5)C3)C4)ccc21. The molecule has 214 valence electrons. The van der Waals surface area contributed by atoms with Crippen LogP contribution >= 0.6 is 0 Å². The monoisotopic (exact) mass is 556 g/mol. The van der Waals surface area contributed by atoms with Crippen molar-refractivity contribution in [3.63, 3.8) is 0 Å².